The molecule has 0 saturated carbocycles. The van der Waals surface area contributed by atoms with E-state index >= 15 is 0 Å². The van der Waals surface area contributed by atoms with Gasteiger partial charge in [0.25, 0.3) is 0 Å². The molecule has 1 atom stereocenters. The first-order valence-corrected chi connectivity index (χ1v) is 19.5. The Morgan fingerprint density at radius 1 is 0.446 bits per heavy atom. The molecule has 2 aromatic carbocycles. The van der Waals surface area contributed by atoms with E-state index < -0.39 is 118 Å². The molecule has 2 aromatic rings. The van der Waals surface area contributed by atoms with Crippen molar-refractivity contribution in [3.05, 3.63) is 57.6 Å². The topological polar surface area (TPSA) is 57.5 Å². The van der Waals surface area contributed by atoms with Crippen LogP contribution in [0.15, 0.2) is 24.3 Å². The van der Waals surface area contributed by atoms with Crippen molar-refractivity contribution in [1.82, 2.24) is 0 Å². The van der Waals surface area contributed by atoms with E-state index in [9.17, 15) is 129 Å². The molecule has 0 spiro atoms. The van der Waals surface area contributed by atoms with Crippen molar-refractivity contribution in [3.63, 3.8) is 0 Å². The van der Waals surface area contributed by atoms with Crippen LogP contribution in [-0.4, -0.2) is 97.5 Å². The van der Waals surface area contributed by atoms with Gasteiger partial charge in [-0.25, -0.2) is 0 Å². The molecule has 31 heteroatoms. The lowest BCUT2D eigenvalue weighted by Gasteiger charge is -2.39. The minimum Gasteiger partial charge on any atom is -0.507 e. The third-order valence-corrected chi connectivity index (χ3v) is 11.1. The maximum Gasteiger partial charge on any atom is 0.460 e. The van der Waals surface area contributed by atoms with Gasteiger partial charge in [0, 0.05) is 46.3 Å². The fourth-order valence-corrected chi connectivity index (χ4v) is 7.28. The summed E-state index contributed by atoms with van der Waals surface area (Å²) in [5.41, 5.74) is 1.73. The van der Waals surface area contributed by atoms with E-state index in [0.29, 0.717) is 28.5 Å². The highest BCUT2D eigenvalue weighted by atomic mass is 32.2. The van der Waals surface area contributed by atoms with Crippen molar-refractivity contribution in [3.8, 4) is 11.5 Å². The van der Waals surface area contributed by atoms with Gasteiger partial charge in [0.1, 0.15) is 11.5 Å². The van der Waals surface area contributed by atoms with Crippen molar-refractivity contribution in [2.45, 2.75) is 124 Å². The Bertz CT molecular complexity index is 1990. The molecule has 0 heterocycles. The van der Waals surface area contributed by atoms with Crippen molar-refractivity contribution >= 4 is 22.6 Å². The van der Waals surface area contributed by atoms with Gasteiger partial charge in [0.15, 0.2) is 0 Å². The Hall–Kier alpha value is -3.28. The lowest BCUT2D eigenvalue weighted by molar-refractivity contribution is -0.439. The van der Waals surface area contributed by atoms with Crippen molar-refractivity contribution < 1.29 is 129 Å². The maximum absolute atomic E-state index is 13.7. The van der Waals surface area contributed by atoms with Crippen LogP contribution in [-0.2, 0) is 22.3 Å². The zero-order valence-corrected chi connectivity index (χ0v) is 34.1. The average molecular weight is 1040 g/mol. The van der Waals surface area contributed by atoms with Crippen molar-refractivity contribution in [1.29, 1.82) is 0 Å². The number of phenols is 2. The fourth-order valence-electron chi connectivity index (χ4n) is 5.10. The summed E-state index contributed by atoms with van der Waals surface area (Å²) >= 11 is 0.375. The summed E-state index contributed by atoms with van der Waals surface area (Å²) in [5, 5.41) is 19.6. The van der Waals surface area contributed by atoms with E-state index in [-0.39, 0.29) is 28.2 Å². The Kier molecular flexibility index (Phi) is 17.5. The Labute approximate surface area is 355 Å². The van der Waals surface area contributed by atoms with Gasteiger partial charge in [-0.2, -0.15) is 126 Å². The molecule has 2 N–H and O–H groups in total. The summed E-state index contributed by atoms with van der Waals surface area (Å²) in [4.78, 5) is 0. The van der Waals surface area contributed by atoms with Gasteiger partial charge in [0.2, 0.25) is 0 Å². The Morgan fingerprint density at radius 3 is 1.11 bits per heavy atom. The summed E-state index contributed by atoms with van der Waals surface area (Å²) in [6.45, 7) is 5.97. The highest BCUT2D eigenvalue weighted by Crippen LogP contribution is 2.62. The highest BCUT2D eigenvalue weighted by molar-refractivity contribution is 7.98. The van der Waals surface area contributed by atoms with Gasteiger partial charge in [-0.15, -0.1) is 0 Å². The van der Waals surface area contributed by atoms with Crippen LogP contribution in [0.5, 0.6) is 11.5 Å². The number of hydrogen-bond donors (Lipinski definition) is 2. The largest absolute Gasteiger partial charge is 0.507 e. The lowest BCUT2D eigenvalue weighted by atomic mass is 9.93. The molecule has 0 aliphatic rings. The van der Waals surface area contributed by atoms with Gasteiger partial charge in [-0.05, 0) is 44.6 Å². The van der Waals surface area contributed by atoms with E-state index in [4.69, 9.17) is 0 Å². The number of benzene rings is 2. The van der Waals surface area contributed by atoms with Crippen LogP contribution in [0.3, 0.4) is 0 Å². The fraction of sp³-hybridized carbons (Fsp3) is 0.647. The highest BCUT2D eigenvalue weighted by Gasteiger charge is 2.92. The van der Waals surface area contributed by atoms with Crippen LogP contribution in [0, 0.1) is 27.7 Å². The number of alkyl halides is 26. The Balaban J connectivity index is 0.000000650. The molecule has 0 aromatic heterocycles. The van der Waals surface area contributed by atoms with E-state index in [2.05, 4.69) is 0 Å². The van der Waals surface area contributed by atoms with Crippen molar-refractivity contribution in [2.75, 3.05) is 11.5 Å². The monoisotopic (exact) mass is 1040 g/mol. The third kappa shape index (κ3) is 11.2. The number of aromatic hydroxyl groups is 2. The van der Waals surface area contributed by atoms with E-state index in [1.807, 2.05) is 0 Å². The summed E-state index contributed by atoms with van der Waals surface area (Å²) in [7, 11) is -2.59. The molecular formula is C34H30F26O3S2. The second-order valence-corrected chi connectivity index (χ2v) is 16.7. The molecule has 2 rings (SSSR count). The first-order valence-electron chi connectivity index (χ1n) is 16.9. The minimum atomic E-state index is -7.96. The van der Waals surface area contributed by atoms with Gasteiger partial charge < -0.3 is 10.2 Å². The molecule has 0 aliphatic carbocycles. The quantitative estimate of drug-likeness (QED) is 0.115. The first kappa shape index (κ1) is 59.7. The lowest BCUT2D eigenvalue weighted by Crippen LogP contribution is -2.70. The van der Waals surface area contributed by atoms with E-state index in [1.165, 1.54) is 45.0 Å². The normalized spacial score (nSPS) is 15.2. The number of thioether (sulfide) groups is 1. The van der Waals surface area contributed by atoms with Crippen LogP contribution in [0.2, 0.25) is 0 Å². The predicted octanol–water partition coefficient (Wildman–Crippen LogP) is 13.8. The molecule has 378 valence electrons. The molecule has 3 nitrogen and oxygen atoms in total. The van der Waals surface area contributed by atoms with Crippen LogP contribution in [0.1, 0.15) is 46.2 Å². The number of halogens is 26. The van der Waals surface area contributed by atoms with E-state index in [1.54, 1.807) is 6.92 Å². The molecule has 0 amide bonds. The first-order chi connectivity index (χ1) is 28.5. The van der Waals surface area contributed by atoms with Crippen LogP contribution >= 0.6 is 11.8 Å². The minimum absolute atomic E-state index is 0.123. The SMILES string of the molecule is Cc1cc(C)c(O)c(CS(=O)CCC(F)(F)C(F)(F)C(F)(F)C(F)(F)C(F)(F)C(F)(F)F)c1.Cc1cc(C)c(O)c(CSCCC(F)(F)C(F)(F)C(F)(F)C(F)(F)C(F)(F)C(F)(F)F)c1. The molecular weight excluding hydrogens is 1010 g/mol. The third-order valence-electron chi connectivity index (χ3n) is 8.82. The van der Waals surface area contributed by atoms with Crippen LogP contribution in [0.25, 0.3) is 0 Å². The molecule has 0 saturated heterocycles. The van der Waals surface area contributed by atoms with Crippen LogP contribution < -0.4 is 0 Å². The van der Waals surface area contributed by atoms with Crippen LogP contribution in [0.4, 0.5) is 114 Å². The molecule has 0 fully saturated rings. The maximum atomic E-state index is 13.7. The predicted molar refractivity (Wildman–Crippen MR) is 179 cm³/mol. The second kappa shape index (κ2) is 19.0. The summed E-state index contributed by atoms with van der Waals surface area (Å²) in [5.74, 6) is -78.5. The summed E-state index contributed by atoms with van der Waals surface area (Å²) in [6.07, 6.45) is -19.7. The van der Waals surface area contributed by atoms with Crippen molar-refractivity contribution in [2.24, 2.45) is 0 Å². The number of aryl methyl sites for hydroxylation is 4. The van der Waals surface area contributed by atoms with Gasteiger partial charge in [-0.3, -0.25) is 4.21 Å². The second-order valence-electron chi connectivity index (χ2n) is 14.0. The van der Waals surface area contributed by atoms with Gasteiger partial charge in [-0.1, -0.05) is 35.4 Å². The number of rotatable bonds is 18. The molecule has 0 radical (unpaired) electrons. The standard InChI is InChI=1S/C17H15F13O2S.C17H15F13OS/c1-8-5-9(2)11(31)10(6-8)7-33(32)4-3-12(18,19)13(20,21)14(22,23)15(24,25)16(26,27)17(28,29)30;1-8-5-9(2)11(31)10(6-8)7-32-4-3-12(18,19)13(20,21)14(22,23)15(24,25)16(26,27)17(28,29)30/h5-6,31H,3-4,7H2,1-2H3;5-6,31H,3-4,7H2,1-2H3. The van der Waals surface area contributed by atoms with Gasteiger partial charge in [0.05, 0.1) is 5.75 Å². The molecule has 0 aliphatic heterocycles. The van der Waals surface area contributed by atoms with Gasteiger partial charge >= 0.3 is 71.6 Å². The smallest absolute Gasteiger partial charge is 0.460 e. The zero-order chi connectivity index (χ0) is 52.0. The summed E-state index contributed by atoms with van der Waals surface area (Å²) < 4.78 is 351. The average Bonchev–Trinajstić information content (AvgIpc) is 3.11. The molecule has 0 bridgehead atoms. The molecule has 1 unspecified atom stereocenters. The number of phenolic OH excluding ortho intramolecular Hbond substituents is 2. The zero-order valence-electron chi connectivity index (χ0n) is 32.5. The molecule has 65 heavy (non-hydrogen) atoms. The number of hydrogen-bond acceptors (Lipinski definition) is 4. The van der Waals surface area contributed by atoms with E-state index in [0.717, 1.165) is 0 Å². The Morgan fingerprint density at radius 2 is 0.754 bits per heavy atom. The summed E-state index contributed by atoms with van der Waals surface area (Å²) in [6, 6.07) is 5.60.